The van der Waals surface area contributed by atoms with Gasteiger partial charge in [-0.3, -0.25) is 0 Å². The molecule has 0 radical (unpaired) electrons. The van der Waals surface area contributed by atoms with Gasteiger partial charge in [0.25, 0.3) is 0 Å². The molecule has 2 aromatic rings. The first-order chi connectivity index (χ1) is 17.6. The number of aliphatic hydroxyl groups is 1. The summed E-state index contributed by atoms with van der Waals surface area (Å²) in [5, 5.41) is 15.5. The number of ether oxygens (including phenoxy) is 1. The molecule has 2 saturated heterocycles. The van der Waals surface area contributed by atoms with Crippen LogP contribution in [0.5, 0.6) is 0 Å². The Bertz CT molecular complexity index is 1090. The van der Waals surface area contributed by atoms with Crippen LogP contribution in [0, 0.1) is 12.8 Å². The third-order valence-corrected chi connectivity index (χ3v) is 6.53. The average molecular weight is 523 g/mol. The van der Waals surface area contributed by atoms with Crippen LogP contribution in [0.25, 0.3) is 11.3 Å². The van der Waals surface area contributed by atoms with Crippen LogP contribution < -0.4 is 15.5 Å². The fourth-order valence-electron chi connectivity index (χ4n) is 4.54. The number of likely N-dealkylation sites (tertiary alicyclic amines) is 1. The Balaban J connectivity index is 1.55. The molecule has 0 aliphatic carbocycles. The summed E-state index contributed by atoms with van der Waals surface area (Å²) in [5.74, 6) is 0.524. The summed E-state index contributed by atoms with van der Waals surface area (Å²) >= 11 is 0. The lowest BCUT2D eigenvalue weighted by Crippen LogP contribution is -2.37. The van der Waals surface area contributed by atoms with Crippen molar-refractivity contribution >= 4 is 23.5 Å². The van der Waals surface area contributed by atoms with Gasteiger partial charge in [-0.1, -0.05) is 6.07 Å². The van der Waals surface area contributed by atoms with Gasteiger partial charge in [-0.15, -0.1) is 0 Å². The van der Waals surface area contributed by atoms with Crippen molar-refractivity contribution in [2.24, 2.45) is 5.92 Å². The molecule has 0 spiro atoms. The molecule has 202 valence electrons. The summed E-state index contributed by atoms with van der Waals surface area (Å²) in [4.78, 5) is 25.7. The predicted molar refractivity (Wildman–Crippen MR) is 135 cm³/mol. The van der Waals surface area contributed by atoms with Crippen LogP contribution >= 0.6 is 0 Å². The Morgan fingerprint density at radius 3 is 2.68 bits per heavy atom. The van der Waals surface area contributed by atoms with Crippen molar-refractivity contribution in [1.82, 2.24) is 14.9 Å². The maximum atomic E-state index is 12.8. The fraction of sp³-hybridized carbons (Fsp3) is 0.560. The van der Waals surface area contributed by atoms with Crippen molar-refractivity contribution in [3.8, 4) is 11.3 Å². The Morgan fingerprint density at radius 1 is 1.22 bits per heavy atom. The van der Waals surface area contributed by atoms with Crippen LogP contribution in [0.3, 0.4) is 0 Å². The highest BCUT2D eigenvalue weighted by molar-refractivity contribution is 5.90. The van der Waals surface area contributed by atoms with Crippen molar-refractivity contribution in [3.05, 3.63) is 29.8 Å². The second-order valence-electron chi connectivity index (χ2n) is 9.65. The maximum Gasteiger partial charge on any atom is 0.389 e. The lowest BCUT2D eigenvalue weighted by Gasteiger charge is -2.27. The molecule has 9 nitrogen and oxygen atoms in total. The zero-order valence-corrected chi connectivity index (χ0v) is 21.0. The highest BCUT2D eigenvalue weighted by atomic mass is 19.4. The highest BCUT2D eigenvalue weighted by Crippen LogP contribution is 2.32. The number of nitrogens with one attached hydrogen (secondary N) is 2. The molecular formula is C25H33F3N6O3. The Labute approximate surface area is 214 Å². The second kappa shape index (κ2) is 11.5. The van der Waals surface area contributed by atoms with E-state index in [1.165, 1.54) is 4.90 Å². The number of amides is 2. The van der Waals surface area contributed by atoms with Gasteiger partial charge in [0.15, 0.2) is 0 Å². The Hall–Kier alpha value is -3.12. The van der Waals surface area contributed by atoms with E-state index < -0.39 is 24.5 Å². The molecule has 3 N–H and O–H groups in total. The molecule has 1 unspecified atom stereocenters. The minimum Gasteiger partial charge on any atom is -0.394 e. The third-order valence-electron chi connectivity index (χ3n) is 6.53. The van der Waals surface area contributed by atoms with Crippen molar-refractivity contribution < 1.29 is 27.8 Å². The van der Waals surface area contributed by atoms with Gasteiger partial charge in [0.2, 0.25) is 5.95 Å². The van der Waals surface area contributed by atoms with E-state index in [4.69, 9.17) is 9.72 Å². The van der Waals surface area contributed by atoms with Crippen LogP contribution in [-0.4, -0.2) is 84.2 Å². The van der Waals surface area contributed by atoms with Gasteiger partial charge < -0.3 is 30.3 Å². The fourth-order valence-corrected chi connectivity index (χ4v) is 4.54. The molecular weight excluding hydrogens is 489 g/mol. The van der Waals surface area contributed by atoms with Crippen molar-refractivity contribution in [1.29, 1.82) is 0 Å². The molecule has 2 aliphatic rings. The number of alkyl halides is 3. The van der Waals surface area contributed by atoms with E-state index >= 15 is 0 Å². The smallest absolute Gasteiger partial charge is 0.389 e. The van der Waals surface area contributed by atoms with E-state index in [1.54, 1.807) is 18.2 Å². The van der Waals surface area contributed by atoms with Crippen LogP contribution in [-0.2, 0) is 4.74 Å². The third kappa shape index (κ3) is 7.22. The molecule has 12 heteroatoms. The van der Waals surface area contributed by atoms with Crippen molar-refractivity contribution in [2.75, 3.05) is 61.5 Å². The van der Waals surface area contributed by atoms with E-state index in [1.807, 2.05) is 24.8 Å². The molecule has 37 heavy (non-hydrogen) atoms. The Morgan fingerprint density at radius 2 is 1.97 bits per heavy atom. The molecule has 2 fully saturated rings. The SMILES string of the molecule is Cc1ccc(NC(=O)N2CCC(CC(F)(F)F)C2)cc1-c1cc(N[C@@H](C)CO)nc(N2CCOCC2)n1. The summed E-state index contributed by atoms with van der Waals surface area (Å²) in [5.41, 5.74) is 2.88. The van der Waals surface area contributed by atoms with Crippen LogP contribution in [0.15, 0.2) is 24.3 Å². The van der Waals surface area contributed by atoms with Crippen LogP contribution in [0.4, 0.5) is 35.4 Å². The lowest BCUT2D eigenvalue weighted by atomic mass is 10.0. The number of rotatable bonds is 7. The number of benzene rings is 1. The number of nitrogens with zero attached hydrogens (tertiary/aromatic N) is 4. The van der Waals surface area contributed by atoms with Gasteiger partial charge in [0.1, 0.15) is 5.82 Å². The summed E-state index contributed by atoms with van der Waals surface area (Å²) in [6, 6.07) is 6.59. The number of aliphatic hydroxyl groups excluding tert-OH is 1. The monoisotopic (exact) mass is 522 g/mol. The number of hydrogen-bond donors (Lipinski definition) is 3. The quantitative estimate of drug-likeness (QED) is 0.507. The summed E-state index contributed by atoms with van der Waals surface area (Å²) in [6.45, 7) is 6.53. The number of carbonyl (C=O) groups is 1. The van der Waals surface area contributed by atoms with Gasteiger partial charge in [0, 0.05) is 56.0 Å². The van der Waals surface area contributed by atoms with Crippen LogP contribution in [0.1, 0.15) is 25.3 Å². The summed E-state index contributed by atoms with van der Waals surface area (Å²) in [6.07, 6.45) is -4.78. The standard InChI is InChI=1S/C25H33F3N6O3/c1-16-3-4-19(30-24(36)34-6-5-18(14-34)13-25(26,27)28)11-20(16)21-12-22(29-17(2)15-35)32-23(31-21)33-7-9-37-10-8-33/h3-4,11-12,17-18,35H,5-10,13-15H2,1-2H3,(H,30,36)(H,29,31,32)/t17-,18?/m0/s1. The first-order valence-corrected chi connectivity index (χ1v) is 12.4. The molecule has 4 rings (SSSR count). The molecule has 0 saturated carbocycles. The van der Waals surface area contributed by atoms with Gasteiger partial charge >= 0.3 is 12.2 Å². The number of aromatic nitrogens is 2. The van der Waals surface area contributed by atoms with E-state index in [0.717, 1.165) is 11.1 Å². The summed E-state index contributed by atoms with van der Waals surface area (Å²) in [7, 11) is 0. The number of anilines is 3. The number of hydrogen-bond acceptors (Lipinski definition) is 7. The minimum atomic E-state index is -4.23. The molecule has 1 aromatic carbocycles. The van der Waals surface area contributed by atoms with E-state index in [2.05, 4.69) is 15.6 Å². The normalized spacial score (nSPS) is 19.1. The lowest BCUT2D eigenvalue weighted by molar-refractivity contribution is -0.143. The second-order valence-corrected chi connectivity index (χ2v) is 9.65. The topological polar surface area (TPSA) is 103 Å². The molecule has 2 aliphatic heterocycles. The minimum absolute atomic E-state index is 0.0624. The number of urea groups is 1. The van der Waals surface area contributed by atoms with E-state index in [9.17, 15) is 23.1 Å². The maximum absolute atomic E-state index is 12.8. The highest BCUT2D eigenvalue weighted by Gasteiger charge is 2.36. The first kappa shape index (κ1) is 26.9. The van der Waals surface area contributed by atoms with Crippen molar-refractivity contribution in [3.63, 3.8) is 0 Å². The number of halogens is 3. The molecule has 2 atom stereocenters. The van der Waals surface area contributed by atoms with Gasteiger partial charge in [-0.2, -0.15) is 18.2 Å². The van der Waals surface area contributed by atoms with Gasteiger partial charge in [0.05, 0.1) is 25.5 Å². The molecule has 2 amide bonds. The van der Waals surface area contributed by atoms with Gasteiger partial charge in [-0.05, 0) is 43.9 Å². The molecule has 1 aromatic heterocycles. The summed E-state index contributed by atoms with van der Waals surface area (Å²) < 4.78 is 43.7. The number of aryl methyl sites for hydroxylation is 1. The Kier molecular flexibility index (Phi) is 8.38. The van der Waals surface area contributed by atoms with Crippen LogP contribution in [0.2, 0.25) is 0 Å². The average Bonchev–Trinajstić information content (AvgIpc) is 3.32. The first-order valence-electron chi connectivity index (χ1n) is 12.4. The zero-order valence-electron chi connectivity index (χ0n) is 21.0. The molecule has 3 heterocycles. The largest absolute Gasteiger partial charge is 0.394 e. The van der Waals surface area contributed by atoms with E-state index in [0.29, 0.717) is 55.9 Å². The van der Waals surface area contributed by atoms with E-state index in [-0.39, 0.29) is 25.7 Å². The predicted octanol–water partition coefficient (Wildman–Crippen LogP) is 3.89. The molecule has 0 bridgehead atoms. The number of carbonyl (C=O) groups excluding carboxylic acids is 1. The van der Waals surface area contributed by atoms with Gasteiger partial charge in [-0.25, -0.2) is 9.78 Å². The van der Waals surface area contributed by atoms with Crippen molar-refractivity contribution in [2.45, 2.75) is 38.9 Å². The number of morpholine rings is 1. The zero-order chi connectivity index (χ0) is 26.6.